The summed E-state index contributed by atoms with van der Waals surface area (Å²) in [5.41, 5.74) is 4.56. The number of nitrogens with zero attached hydrogens (tertiary/aromatic N) is 1. The van der Waals surface area contributed by atoms with Gasteiger partial charge in [-0.1, -0.05) is 53.6 Å². The van der Waals surface area contributed by atoms with Gasteiger partial charge in [-0.15, -0.1) is 0 Å². The lowest BCUT2D eigenvalue weighted by atomic mass is 10.1. The Morgan fingerprint density at radius 3 is 2.21 bits per heavy atom. The second kappa shape index (κ2) is 9.46. The third kappa shape index (κ3) is 5.87. The molecule has 29 heavy (non-hydrogen) atoms. The second-order valence-corrected chi connectivity index (χ2v) is 6.83. The number of aryl methyl sites for hydroxylation is 2. The number of hydrogen-bond donors (Lipinski definition) is 2. The Bertz CT molecular complexity index is 1010. The summed E-state index contributed by atoms with van der Waals surface area (Å²) in [6.07, 6.45) is 5.04. The molecule has 0 saturated heterocycles. The molecule has 3 aromatic rings. The van der Waals surface area contributed by atoms with Gasteiger partial charge in [0.15, 0.2) is 0 Å². The van der Waals surface area contributed by atoms with Gasteiger partial charge in [-0.3, -0.25) is 14.6 Å². The van der Waals surface area contributed by atoms with E-state index in [1.807, 2.05) is 62.4 Å². The summed E-state index contributed by atoms with van der Waals surface area (Å²) >= 11 is 0. The molecular formula is C24H23N3O2. The Hall–Kier alpha value is -3.73. The van der Waals surface area contributed by atoms with Crippen molar-refractivity contribution in [3.63, 3.8) is 0 Å². The fraction of sp³-hybridized carbons (Fsp3) is 0.125. The monoisotopic (exact) mass is 385 g/mol. The number of carbonyl (C=O) groups excluding carboxylic acids is 2. The molecule has 0 spiro atoms. The van der Waals surface area contributed by atoms with E-state index in [1.165, 1.54) is 0 Å². The van der Waals surface area contributed by atoms with Crippen molar-refractivity contribution in [2.45, 2.75) is 20.4 Å². The minimum atomic E-state index is -0.366. The normalized spacial score (nSPS) is 11.0. The van der Waals surface area contributed by atoms with Crippen LogP contribution in [0.4, 0.5) is 0 Å². The molecule has 1 heterocycles. The van der Waals surface area contributed by atoms with E-state index in [4.69, 9.17) is 0 Å². The van der Waals surface area contributed by atoms with Crippen molar-refractivity contribution in [2.24, 2.45) is 0 Å². The van der Waals surface area contributed by atoms with Gasteiger partial charge in [-0.2, -0.15) is 0 Å². The van der Waals surface area contributed by atoms with Crippen LogP contribution in [0, 0.1) is 13.8 Å². The molecule has 2 N–H and O–H groups in total. The predicted molar refractivity (Wildman–Crippen MR) is 114 cm³/mol. The zero-order chi connectivity index (χ0) is 20.6. The van der Waals surface area contributed by atoms with Crippen LogP contribution in [0.3, 0.4) is 0 Å². The van der Waals surface area contributed by atoms with Gasteiger partial charge in [0.1, 0.15) is 5.70 Å². The minimum absolute atomic E-state index is 0.184. The van der Waals surface area contributed by atoms with E-state index in [0.29, 0.717) is 12.1 Å². The van der Waals surface area contributed by atoms with Crippen LogP contribution in [0.1, 0.15) is 32.6 Å². The number of pyridine rings is 1. The quantitative estimate of drug-likeness (QED) is 0.634. The van der Waals surface area contributed by atoms with E-state index in [0.717, 1.165) is 22.3 Å². The Morgan fingerprint density at radius 1 is 0.931 bits per heavy atom. The molecule has 5 heteroatoms. The number of hydrogen-bond acceptors (Lipinski definition) is 3. The van der Waals surface area contributed by atoms with E-state index >= 15 is 0 Å². The lowest BCUT2D eigenvalue weighted by molar-refractivity contribution is -0.117. The third-order valence-electron chi connectivity index (χ3n) is 4.37. The van der Waals surface area contributed by atoms with Gasteiger partial charge in [0.05, 0.1) is 0 Å². The zero-order valence-corrected chi connectivity index (χ0v) is 16.5. The van der Waals surface area contributed by atoms with Crippen molar-refractivity contribution in [1.29, 1.82) is 0 Å². The molecule has 0 fully saturated rings. The number of benzene rings is 2. The average molecular weight is 385 g/mol. The molecule has 5 nitrogen and oxygen atoms in total. The highest BCUT2D eigenvalue weighted by Crippen LogP contribution is 2.10. The first-order valence-electron chi connectivity index (χ1n) is 9.35. The molecule has 0 aliphatic carbocycles. The molecule has 0 unspecified atom stereocenters. The van der Waals surface area contributed by atoms with E-state index in [-0.39, 0.29) is 17.5 Å². The number of carbonyl (C=O) groups is 2. The van der Waals surface area contributed by atoms with Gasteiger partial charge in [0, 0.05) is 24.5 Å². The molecule has 2 amide bonds. The molecule has 3 rings (SSSR count). The summed E-state index contributed by atoms with van der Waals surface area (Å²) in [5, 5.41) is 5.58. The number of rotatable bonds is 6. The highest BCUT2D eigenvalue weighted by molar-refractivity contribution is 6.05. The van der Waals surface area contributed by atoms with Gasteiger partial charge >= 0.3 is 0 Å². The van der Waals surface area contributed by atoms with Crippen LogP contribution in [0.15, 0.2) is 78.8 Å². The molecule has 0 aliphatic rings. The molecule has 0 atom stereocenters. The SMILES string of the molecule is Cc1ccc(C=C(NC(=O)c2ccc(C)cc2)C(=O)NCc2cccnc2)cc1. The summed E-state index contributed by atoms with van der Waals surface area (Å²) in [4.78, 5) is 29.5. The van der Waals surface area contributed by atoms with Crippen LogP contribution in [-0.4, -0.2) is 16.8 Å². The lowest BCUT2D eigenvalue weighted by Gasteiger charge is -2.11. The van der Waals surface area contributed by atoms with Crippen molar-refractivity contribution >= 4 is 17.9 Å². The summed E-state index contributed by atoms with van der Waals surface area (Å²) < 4.78 is 0. The summed E-state index contributed by atoms with van der Waals surface area (Å²) in [5.74, 6) is -0.699. The Morgan fingerprint density at radius 2 is 1.59 bits per heavy atom. The van der Waals surface area contributed by atoms with Crippen molar-refractivity contribution in [1.82, 2.24) is 15.6 Å². The van der Waals surface area contributed by atoms with Crippen LogP contribution in [0.25, 0.3) is 6.08 Å². The lowest BCUT2D eigenvalue weighted by Crippen LogP contribution is -2.34. The maximum atomic E-state index is 12.8. The highest BCUT2D eigenvalue weighted by atomic mass is 16.2. The first-order chi connectivity index (χ1) is 14.0. The molecular weight excluding hydrogens is 362 g/mol. The molecule has 146 valence electrons. The number of aromatic nitrogens is 1. The van der Waals surface area contributed by atoms with E-state index in [9.17, 15) is 9.59 Å². The van der Waals surface area contributed by atoms with Crippen molar-refractivity contribution in [3.05, 3.63) is 107 Å². The zero-order valence-electron chi connectivity index (χ0n) is 16.5. The molecule has 2 aromatic carbocycles. The summed E-state index contributed by atoms with van der Waals surface area (Å²) in [6.45, 7) is 4.27. The van der Waals surface area contributed by atoms with Crippen LogP contribution in [0.5, 0.6) is 0 Å². The Balaban J connectivity index is 1.80. The largest absolute Gasteiger partial charge is 0.347 e. The number of nitrogens with one attached hydrogen (secondary N) is 2. The third-order valence-corrected chi connectivity index (χ3v) is 4.37. The van der Waals surface area contributed by atoms with Crippen LogP contribution >= 0.6 is 0 Å². The van der Waals surface area contributed by atoms with Gasteiger partial charge in [0.25, 0.3) is 11.8 Å². The summed E-state index contributed by atoms with van der Waals surface area (Å²) in [6, 6.07) is 18.6. The minimum Gasteiger partial charge on any atom is -0.347 e. The molecule has 0 aliphatic heterocycles. The van der Waals surface area contributed by atoms with Gasteiger partial charge in [0.2, 0.25) is 0 Å². The van der Waals surface area contributed by atoms with Gasteiger partial charge in [-0.05, 0) is 49.2 Å². The Kier molecular flexibility index (Phi) is 6.53. The fourth-order valence-corrected chi connectivity index (χ4v) is 2.67. The fourth-order valence-electron chi connectivity index (χ4n) is 2.67. The van der Waals surface area contributed by atoms with E-state index in [1.54, 1.807) is 30.6 Å². The van der Waals surface area contributed by atoms with Gasteiger partial charge < -0.3 is 10.6 Å². The van der Waals surface area contributed by atoms with Crippen molar-refractivity contribution < 1.29 is 9.59 Å². The van der Waals surface area contributed by atoms with Crippen molar-refractivity contribution in [2.75, 3.05) is 0 Å². The first-order valence-corrected chi connectivity index (χ1v) is 9.35. The van der Waals surface area contributed by atoms with Crippen molar-refractivity contribution in [3.8, 4) is 0 Å². The van der Waals surface area contributed by atoms with E-state index < -0.39 is 0 Å². The maximum absolute atomic E-state index is 12.8. The average Bonchev–Trinajstić information content (AvgIpc) is 2.74. The number of amides is 2. The standard InChI is InChI=1S/C24H23N3O2/c1-17-5-9-19(10-6-17)14-22(24(29)26-16-20-4-3-13-25-15-20)27-23(28)21-11-7-18(2)8-12-21/h3-15H,16H2,1-2H3,(H,26,29)(H,27,28). The molecule has 0 bridgehead atoms. The molecule has 1 aromatic heterocycles. The van der Waals surface area contributed by atoms with Crippen LogP contribution in [-0.2, 0) is 11.3 Å². The van der Waals surface area contributed by atoms with Crippen LogP contribution in [0.2, 0.25) is 0 Å². The predicted octanol–water partition coefficient (Wildman–Crippen LogP) is 3.79. The van der Waals surface area contributed by atoms with Crippen LogP contribution < -0.4 is 10.6 Å². The highest BCUT2D eigenvalue weighted by Gasteiger charge is 2.14. The maximum Gasteiger partial charge on any atom is 0.268 e. The van der Waals surface area contributed by atoms with E-state index in [2.05, 4.69) is 15.6 Å². The molecule has 0 radical (unpaired) electrons. The first kappa shape index (κ1) is 20.0. The molecule has 0 saturated carbocycles. The second-order valence-electron chi connectivity index (χ2n) is 6.83. The summed E-state index contributed by atoms with van der Waals surface area (Å²) in [7, 11) is 0. The Labute approximate surface area is 170 Å². The topological polar surface area (TPSA) is 71.1 Å². The smallest absolute Gasteiger partial charge is 0.268 e. The van der Waals surface area contributed by atoms with Gasteiger partial charge in [-0.25, -0.2) is 0 Å².